The number of aromatic hydroxyl groups is 1. The molecule has 1 fully saturated rings. The van der Waals surface area contributed by atoms with Gasteiger partial charge in [-0.1, -0.05) is 45.0 Å². The molecule has 1 amide bonds. The van der Waals surface area contributed by atoms with Crippen LogP contribution in [0.1, 0.15) is 54.2 Å². The molecule has 1 heterocycles. The van der Waals surface area contributed by atoms with Crippen LogP contribution in [0, 0.1) is 16.7 Å². The van der Waals surface area contributed by atoms with Gasteiger partial charge in [-0.25, -0.2) is 0 Å². The van der Waals surface area contributed by atoms with Crippen LogP contribution in [0.2, 0.25) is 0 Å². The van der Waals surface area contributed by atoms with Crippen molar-refractivity contribution in [3.05, 3.63) is 64.7 Å². The van der Waals surface area contributed by atoms with E-state index in [2.05, 4.69) is 32.9 Å². The monoisotopic (exact) mass is 360 g/mol. The summed E-state index contributed by atoms with van der Waals surface area (Å²) in [7, 11) is 0. The minimum absolute atomic E-state index is 0.0312. The number of rotatable bonds is 1. The van der Waals surface area contributed by atoms with Gasteiger partial charge in [0.1, 0.15) is 5.75 Å². The van der Waals surface area contributed by atoms with E-state index in [-0.39, 0.29) is 22.8 Å². The SMILES string of the molecule is CC12CCN(C(=O)c3ccccc3C#N)[C@H](Cc3c(O)cccc31)C2(C)C. The van der Waals surface area contributed by atoms with E-state index in [9.17, 15) is 15.2 Å². The van der Waals surface area contributed by atoms with E-state index < -0.39 is 0 Å². The van der Waals surface area contributed by atoms with Crippen LogP contribution in [0.15, 0.2) is 42.5 Å². The molecule has 0 spiro atoms. The number of fused-ring (bicyclic) bond motifs is 4. The van der Waals surface area contributed by atoms with Gasteiger partial charge in [-0.3, -0.25) is 4.79 Å². The largest absolute Gasteiger partial charge is 0.508 e. The lowest BCUT2D eigenvalue weighted by Crippen LogP contribution is -2.64. The fourth-order valence-corrected chi connectivity index (χ4v) is 5.09. The molecular formula is C23H24N2O2. The van der Waals surface area contributed by atoms with Gasteiger partial charge < -0.3 is 10.0 Å². The Morgan fingerprint density at radius 1 is 1.19 bits per heavy atom. The maximum Gasteiger partial charge on any atom is 0.255 e. The number of piperidine rings is 1. The number of likely N-dealkylation sites (tertiary alicyclic amines) is 1. The van der Waals surface area contributed by atoms with Crippen LogP contribution in [0.5, 0.6) is 5.75 Å². The molecule has 2 aromatic rings. The highest BCUT2D eigenvalue weighted by molar-refractivity contribution is 5.97. The molecule has 2 aliphatic rings. The molecule has 0 radical (unpaired) electrons. The van der Waals surface area contributed by atoms with Gasteiger partial charge >= 0.3 is 0 Å². The molecule has 4 heteroatoms. The average Bonchev–Trinajstić information content (AvgIpc) is 2.65. The van der Waals surface area contributed by atoms with Crippen molar-refractivity contribution >= 4 is 5.91 Å². The second-order valence-electron chi connectivity index (χ2n) is 8.48. The number of carbonyl (C=O) groups is 1. The van der Waals surface area contributed by atoms with Crippen LogP contribution in [0.4, 0.5) is 0 Å². The van der Waals surface area contributed by atoms with Crippen molar-refractivity contribution in [2.24, 2.45) is 5.41 Å². The third kappa shape index (κ3) is 2.31. The van der Waals surface area contributed by atoms with Gasteiger partial charge in [0, 0.05) is 18.0 Å². The number of phenols is 1. The molecule has 4 rings (SSSR count). The molecule has 1 unspecified atom stereocenters. The third-order valence-corrected chi connectivity index (χ3v) is 7.17. The number of amides is 1. The maximum absolute atomic E-state index is 13.4. The van der Waals surface area contributed by atoms with Crippen molar-refractivity contribution in [3.8, 4) is 11.8 Å². The van der Waals surface area contributed by atoms with Crippen LogP contribution in [-0.4, -0.2) is 28.5 Å². The Balaban J connectivity index is 1.81. The standard InChI is InChI=1S/C23H24N2O2/c1-22(2)20-13-17-18(9-6-10-19(17)26)23(22,3)11-12-25(20)21(27)16-8-5-4-7-15(16)14-24/h4-10,20,26H,11-13H2,1-3H3/t20-,23?/m1/s1. The molecule has 1 aliphatic heterocycles. The zero-order valence-corrected chi connectivity index (χ0v) is 16.0. The quantitative estimate of drug-likeness (QED) is 0.835. The maximum atomic E-state index is 13.4. The molecule has 1 saturated heterocycles. The zero-order valence-electron chi connectivity index (χ0n) is 16.0. The smallest absolute Gasteiger partial charge is 0.255 e. The number of nitriles is 1. The van der Waals surface area contributed by atoms with Gasteiger partial charge in [-0.2, -0.15) is 5.26 Å². The van der Waals surface area contributed by atoms with Crippen molar-refractivity contribution in [1.82, 2.24) is 4.90 Å². The van der Waals surface area contributed by atoms with Gasteiger partial charge in [-0.15, -0.1) is 0 Å². The minimum Gasteiger partial charge on any atom is -0.508 e. The van der Waals surface area contributed by atoms with E-state index in [4.69, 9.17) is 0 Å². The summed E-state index contributed by atoms with van der Waals surface area (Å²) in [4.78, 5) is 15.3. The van der Waals surface area contributed by atoms with Gasteiger partial charge in [0.2, 0.25) is 0 Å². The normalized spacial score (nSPS) is 25.4. The summed E-state index contributed by atoms with van der Waals surface area (Å²) in [5.74, 6) is 0.220. The van der Waals surface area contributed by atoms with Gasteiger partial charge in [0.05, 0.1) is 17.2 Å². The van der Waals surface area contributed by atoms with E-state index in [1.54, 1.807) is 30.3 Å². The van der Waals surface area contributed by atoms with E-state index >= 15 is 0 Å². The fourth-order valence-electron chi connectivity index (χ4n) is 5.09. The molecule has 1 N–H and O–H groups in total. The Hall–Kier alpha value is -2.80. The summed E-state index contributed by atoms with van der Waals surface area (Å²) in [6, 6.07) is 14.9. The van der Waals surface area contributed by atoms with Crippen molar-refractivity contribution < 1.29 is 9.90 Å². The first-order valence-electron chi connectivity index (χ1n) is 9.42. The number of nitrogens with zero attached hydrogens (tertiary/aromatic N) is 2. The molecule has 27 heavy (non-hydrogen) atoms. The van der Waals surface area contributed by atoms with E-state index in [0.717, 1.165) is 12.0 Å². The van der Waals surface area contributed by atoms with Gasteiger partial charge in [-0.05, 0) is 47.6 Å². The number of hydrogen-bond acceptors (Lipinski definition) is 3. The molecule has 1 aliphatic carbocycles. The van der Waals surface area contributed by atoms with Crippen molar-refractivity contribution in [1.29, 1.82) is 5.26 Å². The highest BCUT2D eigenvalue weighted by atomic mass is 16.3. The molecule has 2 atom stereocenters. The van der Waals surface area contributed by atoms with Crippen LogP contribution >= 0.6 is 0 Å². The van der Waals surface area contributed by atoms with Gasteiger partial charge in [0.15, 0.2) is 0 Å². The lowest BCUT2D eigenvalue weighted by molar-refractivity contribution is -0.0266. The Morgan fingerprint density at radius 3 is 2.67 bits per heavy atom. The van der Waals surface area contributed by atoms with E-state index in [0.29, 0.717) is 29.8 Å². The highest BCUT2D eigenvalue weighted by Gasteiger charge is 2.57. The number of hydrogen-bond donors (Lipinski definition) is 1. The number of phenolic OH excluding ortho intramolecular Hbond substituents is 1. The molecule has 2 bridgehead atoms. The van der Waals surface area contributed by atoms with Crippen molar-refractivity contribution in [2.45, 2.75) is 45.1 Å². The molecule has 4 nitrogen and oxygen atoms in total. The minimum atomic E-state index is -0.150. The van der Waals surface area contributed by atoms with Crippen LogP contribution < -0.4 is 0 Å². The summed E-state index contributed by atoms with van der Waals surface area (Å²) in [5, 5.41) is 19.9. The summed E-state index contributed by atoms with van der Waals surface area (Å²) in [5.41, 5.74) is 2.76. The lowest BCUT2D eigenvalue weighted by atomic mass is 9.51. The van der Waals surface area contributed by atoms with Crippen molar-refractivity contribution in [2.75, 3.05) is 6.54 Å². The second kappa shape index (κ2) is 5.85. The highest BCUT2D eigenvalue weighted by Crippen LogP contribution is 2.57. The third-order valence-electron chi connectivity index (χ3n) is 7.17. The molecule has 2 aromatic carbocycles. The van der Waals surface area contributed by atoms with Crippen LogP contribution in [0.25, 0.3) is 0 Å². The number of carbonyl (C=O) groups excluding carboxylic acids is 1. The summed E-state index contributed by atoms with van der Waals surface area (Å²) >= 11 is 0. The first kappa shape index (κ1) is 17.6. The molecule has 0 aromatic heterocycles. The summed E-state index contributed by atoms with van der Waals surface area (Å²) in [6.07, 6.45) is 1.46. The first-order valence-corrected chi connectivity index (χ1v) is 9.42. The predicted molar refractivity (Wildman–Crippen MR) is 104 cm³/mol. The Morgan fingerprint density at radius 2 is 1.93 bits per heavy atom. The zero-order chi connectivity index (χ0) is 19.4. The fraction of sp³-hybridized carbons (Fsp3) is 0.391. The molecule has 0 saturated carbocycles. The Kier molecular flexibility index (Phi) is 3.82. The molecule has 138 valence electrons. The lowest BCUT2D eigenvalue weighted by Gasteiger charge is -2.60. The van der Waals surface area contributed by atoms with E-state index in [1.807, 2.05) is 11.0 Å². The van der Waals surface area contributed by atoms with Crippen LogP contribution in [0.3, 0.4) is 0 Å². The second-order valence-corrected chi connectivity index (χ2v) is 8.48. The first-order chi connectivity index (χ1) is 12.8. The average molecular weight is 360 g/mol. The van der Waals surface area contributed by atoms with Crippen LogP contribution in [-0.2, 0) is 11.8 Å². The number of benzene rings is 2. The van der Waals surface area contributed by atoms with Gasteiger partial charge in [0.25, 0.3) is 5.91 Å². The predicted octanol–water partition coefficient (Wildman–Crippen LogP) is 4.02. The molecular weight excluding hydrogens is 336 g/mol. The Bertz CT molecular complexity index is 973. The topological polar surface area (TPSA) is 64.3 Å². The van der Waals surface area contributed by atoms with E-state index in [1.165, 1.54) is 5.56 Å². The summed E-state index contributed by atoms with van der Waals surface area (Å²) < 4.78 is 0. The van der Waals surface area contributed by atoms with Crippen molar-refractivity contribution in [3.63, 3.8) is 0 Å². The summed E-state index contributed by atoms with van der Waals surface area (Å²) in [6.45, 7) is 7.35. The Labute approximate surface area is 160 Å².